The van der Waals surface area contributed by atoms with Crippen LogP contribution in [0.1, 0.15) is 29.0 Å². The van der Waals surface area contributed by atoms with E-state index in [0.717, 1.165) is 28.5 Å². The molecule has 1 aliphatic rings. The van der Waals surface area contributed by atoms with Crippen LogP contribution in [0.4, 0.5) is 5.69 Å². The topological polar surface area (TPSA) is 56.2 Å². The minimum atomic E-state index is 0.770. The van der Waals surface area contributed by atoms with E-state index in [1.165, 1.54) is 35.4 Å². The molecule has 0 aliphatic heterocycles. The standard InChI is InChI=1S/C15H16N4S/c1-9-6-7-10(16)8-11(9)14-17-18-15-19(14)12-4-2-3-5-13(12)20-15/h6-8H,2-5,16H2,1H3. The molecule has 4 nitrogen and oxygen atoms in total. The molecule has 2 N–H and O–H groups in total. The van der Waals surface area contributed by atoms with Gasteiger partial charge in [0.15, 0.2) is 5.82 Å². The molecule has 0 unspecified atom stereocenters. The van der Waals surface area contributed by atoms with Gasteiger partial charge in [-0.15, -0.1) is 10.2 Å². The number of aryl methyl sites for hydroxylation is 3. The Morgan fingerprint density at radius 3 is 2.95 bits per heavy atom. The maximum atomic E-state index is 5.94. The second-order valence-corrected chi connectivity index (χ2v) is 6.46. The normalized spacial score (nSPS) is 14.7. The van der Waals surface area contributed by atoms with Crippen LogP contribution in [0.5, 0.6) is 0 Å². The first-order chi connectivity index (χ1) is 9.74. The summed E-state index contributed by atoms with van der Waals surface area (Å²) >= 11 is 1.78. The molecule has 2 heterocycles. The fourth-order valence-electron chi connectivity index (χ4n) is 2.95. The van der Waals surface area contributed by atoms with Crippen LogP contribution in [0, 0.1) is 6.92 Å². The van der Waals surface area contributed by atoms with Crippen molar-refractivity contribution in [2.24, 2.45) is 0 Å². The van der Waals surface area contributed by atoms with Crippen molar-refractivity contribution in [2.75, 3.05) is 5.73 Å². The summed E-state index contributed by atoms with van der Waals surface area (Å²) in [5.74, 6) is 0.934. The van der Waals surface area contributed by atoms with Crippen molar-refractivity contribution in [1.29, 1.82) is 0 Å². The van der Waals surface area contributed by atoms with Gasteiger partial charge in [-0.2, -0.15) is 0 Å². The molecule has 0 bridgehead atoms. The number of hydrogen-bond acceptors (Lipinski definition) is 4. The number of hydrogen-bond donors (Lipinski definition) is 1. The SMILES string of the molecule is Cc1ccc(N)cc1-c1nnc2sc3c(n12)CCCC3. The average molecular weight is 284 g/mol. The van der Waals surface area contributed by atoms with Gasteiger partial charge in [0, 0.05) is 21.8 Å². The van der Waals surface area contributed by atoms with Gasteiger partial charge in [-0.3, -0.25) is 4.40 Å². The van der Waals surface area contributed by atoms with E-state index in [9.17, 15) is 0 Å². The Balaban J connectivity index is 2.00. The minimum Gasteiger partial charge on any atom is -0.399 e. The molecule has 2 aromatic heterocycles. The van der Waals surface area contributed by atoms with Crippen molar-refractivity contribution in [1.82, 2.24) is 14.6 Å². The van der Waals surface area contributed by atoms with Crippen molar-refractivity contribution >= 4 is 22.0 Å². The lowest BCUT2D eigenvalue weighted by atomic mass is 10.0. The highest BCUT2D eigenvalue weighted by Crippen LogP contribution is 2.34. The molecule has 0 atom stereocenters. The number of rotatable bonds is 1. The summed E-state index contributed by atoms with van der Waals surface area (Å²) < 4.78 is 2.24. The Bertz CT molecular complexity index is 800. The molecule has 0 saturated heterocycles. The molecule has 1 aliphatic carbocycles. The van der Waals surface area contributed by atoms with E-state index in [-0.39, 0.29) is 0 Å². The molecule has 20 heavy (non-hydrogen) atoms. The predicted molar refractivity (Wildman–Crippen MR) is 82.1 cm³/mol. The van der Waals surface area contributed by atoms with E-state index in [4.69, 9.17) is 5.73 Å². The molecule has 3 aromatic rings. The maximum absolute atomic E-state index is 5.94. The van der Waals surface area contributed by atoms with Gasteiger partial charge >= 0.3 is 0 Å². The van der Waals surface area contributed by atoms with Crippen LogP contribution < -0.4 is 5.73 Å². The fourth-order valence-corrected chi connectivity index (χ4v) is 4.10. The van der Waals surface area contributed by atoms with Crippen molar-refractivity contribution in [3.63, 3.8) is 0 Å². The van der Waals surface area contributed by atoms with Gasteiger partial charge in [-0.25, -0.2) is 0 Å². The summed E-state index contributed by atoms with van der Waals surface area (Å²) in [6, 6.07) is 5.98. The Labute approximate surface area is 121 Å². The van der Waals surface area contributed by atoms with Gasteiger partial charge in [0.05, 0.1) is 0 Å². The van der Waals surface area contributed by atoms with Gasteiger partial charge < -0.3 is 5.73 Å². The zero-order valence-corrected chi connectivity index (χ0v) is 12.2. The van der Waals surface area contributed by atoms with Crippen LogP contribution >= 0.6 is 11.3 Å². The Kier molecular flexibility index (Phi) is 2.57. The second kappa shape index (κ2) is 4.31. The number of nitrogens with two attached hydrogens (primary N) is 1. The van der Waals surface area contributed by atoms with Crippen LogP contribution in [-0.4, -0.2) is 14.6 Å². The number of aromatic nitrogens is 3. The maximum Gasteiger partial charge on any atom is 0.216 e. The summed E-state index contributed by atoms with van der Waals surface area (Å²) in [5, 5.41) is 8.76. The number of benzene rings is 1. The first kappa shape index (κ1) is 11.9. The summed E-state index contributed by atoms with van der Waals surface area (Å²) in [4.78, 5) is 2.48. The molecule has 0 saturated carbocycles. The highest BCUT2D eigenvalue weighted by atomic mass is 32.1. The second-order valence-electron chi connectivity index (χ2n) is 5.39. The third-order valence-electron chi connectivity index (χ3n) is 4.01. The summed E-state index contributed by atoms with van der Waals surface area (Å²) in [5.41, 5.74) is 10.4. The van der Waals surface area contributed by atoms with Crippen molar-refractivity contribution < 1.29 is 0 Å². The number of nitrogen functional groups attached to an aromatic ring is 1. The van der Waals surface area contributed by atoms with Crippen molar-refractivity contribution in [3.05, 3.63) is 34.3 Å². The van der Waals surface area contributed by atoms with Crippen LogP contribution in [0.3, 0.4) is 0 Å². The zero-order valence-electron chi connectivity index (χ0n) is 11.4. The number of thiazole rings is 1. The fraction of sp³-hybridized carbons (Fsp3) is 0.333. The van der Waals surface area contributed by atoms with Gasteiger partial charge in [0.25, 0.3) is 0 Å². The van der Waals surface area contributed by atoms with Crippen LogP contribution in [-0.2, 0) is 12.8 Å². The van der Waals surface area contributed by atoms with Crippen LogP contribution in [0.2, 0.25) is 0 Å². The quantitative estimate of drug-likeness (QED) is 0.698. The lowest BCUT2D eigenvalue weighted by Gasteiger charge is -2.12. The largest absolute Gasteiger partial charge is 0.399 e. The summed E-state index contributed by atoms with van der Waals surface area (Å²) in [7, 11) is 0. The molecule has 0 fully saturated rings. The van der Waals surface area contributed by atoms with Gasteiger partial charge in [0.2, 0.25) is 4.96 Å². The average Bonchev–Trinajstić information content (AvgIpc) is 3.00. The Morgan fingerprint density at radius 1 is 1.20 bits per heavy atom. The molecule has 0 radical (unpaired) electrons. The number of anilines is 1. The molecule has 5 heteroatoms. The molecule has 102 valence electrons. The molecule has 1 aromatic carbocycles. The van der Waals surface area contributed by atoms with Gasteiger partial charge in [-0.1, -0.05) is 17.4 Å². The highest BCUT2D eigenvalue weighted by molar-refractivity contribution is 7.17. The van der Waals surface area contributed by atoms with Crippen LogP contribution in [0.15, 0.2) is 18.2 Å². The Morgan fingerprint density at radius 2 is 2.05 bits per heavy atom. The van der Waals surface area contributed by atoms with E-state index < -0.39 is 0 Å². The summed E-state index contributed by atoms with van der Waals surface area (Å²) in [6.07, 6.45) is 4.85. The zero-order chi connectivity index (χ0) is 13.7. The van der Waals surface area contributed by atoms with E-state index in [2.05, 4.69) is 21.5 Å². The molecule has 4 rings (SSSR count). The smallest absolute Gasteiger partial charge is 0.216 e. The predicted octanol–water partition coefficient (Wildman–Crippen LogP) is 3.23. The molecular weight excluding hydrogens is 268 g/mol. The van der Waals surface area contributed by atoms with Crippen LogP contribution in [0.25, 0.3) is 16.3 Å². The molecule has 0 spiro atoms. The number of nitrogens with zero attached hydrogens (tertiary/aromatic N) is 3. The monoisotopic (exact) mass is 284 g/mol. The molecule has 0 amide bonds. The van der Waals surface area contributed by atoms with E-state index in [1.54, 1.807) is 11.3 Å². The Hall–Kier alpha value is -1.88. The third-order valence-corrected chi connectivity index (χ3v) is 5.14. The van der Waals surface area contributed by atoms with Crippen molar-refractivity contribution in [3.8, 4) is 11.4 Å². The first-order valence-corrected chi connectivity index (χ1v) is 7.78. The van der Waals surface area contributed by atoms with Gasteiger partial charge in [-0.05, 0) is 50.3 Å². The lowest BCUT2D eigenvalue weighted by molar-refractivity contribution is 0.675. The van der Waals surface area contributed by atoms with Gasteiger partial charge in [0.1, 0.15) is 0 Å². The first-order valence-electron chi connectivity index (χ1n) is 6.96. The van der Waals surface area contributed by atoms with E-state index in [1.807, 2.05) is 18.2 Å². The third kappa shape index (κ3) is 1.66. The highest BCUT2D eigenvalue weighted by Gasteiger charge is 2.21. The minimum absolute atomic E-state index is 0.770. The number of fused-ring (bicyclic) bond motifs is 3. The lowest BCUT2D eigenvalue weighted by Crippen LogP contribution is -2.04. The van der Waals surface area contributed by atoms with E-state index in [0.29, 0.717) is 0 Å². The van der Waals surface area contributed by atoms with E-state index >= 15 is 0 Å². The molecular formula is C15H16N4S. The van der Waals surface area contributed by atoms with Crippen molar-refractivity contribution in [2.45, 2.75) is 32.6 Å². The summed E-state index contributed by atoms with van der Waals surface area (Å²) in [6.45, 7) is 2.09.